The Hall–Kier alpha value is -0.0617. The molecule has 0 aliphatic rings. The number of sulfone groups is 1. The molecule has 0 atom stereocenters. The normalized spacial score (nSPS) is 13.2. The number of aliphatic imine (C=N–C) groups is 2. The van der Waals surface area contributed by atoms with Crippen LogP contribution in [0.1, 0.15) is 0 Å². The molecule has 0 aromatic carbocycles. The van der Waals surface area contributed by atoms with Crippen LogP contribution in [-0.2, 0) is 29.2 Å². The van der Waals surface area contributed by atoms with Crippen LogP contribution in [0.15, 0.2) is 9.98 Å². The van der Waals surface area contributed by atoms with E-state index in [-0.39, 0.29) is 11.0 Å². The molecule has 0 spiro atoms. The molecule has 0 fully saturated rings. The topological polar surface area (TPSA) is 62.1 Å². The second-order valence-corrected chi connectivity index (χ2v) is 7.22. The van der Waals surface area contributed by atoms with Gasteiger partial charge in [0.25, 0.3) is 0 Å². The molecule has 0 rings (SSSR count). The summed E-state index contributed by atoms with van der Waals surface area (Å²) in [6.45, 7) is 0. The van der Waals surface area contributed by atoms with E-state index in [1.807, 2.05) is 0 Å². The Morgan fingerprint density at radius 1 is 1.53 bits per heavy atom. The molecule has 5 nitrogen and oxygen atoms in total. The number of amidine groups is 1. The van der Waals surface area contributed by atoms with E-state index in [0.717, 1.165) is 25.6 Å². The summed E-state index contributed by atoms with van der Waals surface area (Å²) in [5.74, 6) is -0.0734. The number of nitrogens with zero attached hydrogens (tertiary/aromatic N) is 3. The predicted octanol–water partition coefficient (Wildman–Crippen LogP) is -0.108. The molecule has 0 amide bonds. The van der Waals surface area contributed by atoms with Gasteiger partial charge in [-0.1, -0.05) is 0 Å². The van der Waals surface area contributed by atoms with Crippen molar-refractivity contribution in [3.05, 3.63) is 0 Å². The maximum absolute atomic E-state index is 10.9. The van der Waals surface area contributed by atoms with Gasteiger partial charge in [-0.2, -0.15) is 0 Å². The van der Waals surface area contributed by atoms with Gasteiger partial charge < -0.3 is 0 Å². The third-order valence-electron chi connectivity index (χ3n) is 0.998. The molecule has 0 N–H and O–H groups in total. The molecule has 0 heterocycles. The van der Waals surface area contributed by atoms with E-state index < -0.39 is 9.84 Å². The number of hydrogen-bond acceptors (Lipinski definition) is 3. The fourth-order valence-corrected chi connectivity index (χ4v) is 4.03. The number of rotatable bonds is 4. The Morgan fingerprint density at radius 3 is 2.47 bits per heavy atom. The van der Waals surface area contributed by atoms with Crippen molar-refractivity contribution in [2.45, 2.75) is 0 Å². The van der Waals surface area contributed by atoms with Crippen molar-refractivity contribution in [1.82, 2.24) is 4.90 Å². The first-order chi connectivity index (χ1) is 6.70. The van der Waals surface area contributed by atoms with Gasteiger partial charge in [0.2, 0.25) is 0 Å². The summed E-state index contributed by atoms with van der Waals surface area (Å²) in [4.78, 5) is 9.38. The minimum absolute atomic E-state index is 0.0392. The SMILES string of the molecule is CN(C)C=NC(Cl)=N[C](=[W])CS(C)(=O)=O. The van der Waals surface area contributed by atoms with Gasteiger partial charge in [-0.15, -0.1) is 0 Å². The molecule has 0 aliphatic heterocycles. The molecule has 86 valence electrons. The summed E-state index contributed by atoms with van der Waals surface area (Å²) < 4.78 is 22.3. The predicted molar refractivity (Wildman–Crippen MR) is 60.2 cm³/mol. The Labute approximate surface area is 106 Å². The first-order valence-electron chi connectivity index (χ1n) is 3.86. The number of hydrogen-bond donors (Lipinski definition) is 0. The zero-order valence-electron chi connectivity index (χ0n) is 8.64. The van der Waals surface area contributed by atoms with Crippen molar-refractivity contribution in [2.75, 3.05) is 26.1 Å². The van der Waals surface area contributed by atoms with E-state index in [4.69, 9.17) is 11.6 Å². The van der Waals surface area contributed by atoms with Crippen LogP contribution in [0.4, 0.5) is 0 Å². The van der Waals surface area contributed by atoms with E-state index in [1.165, 1.54) is 6.34 Å². The quantitative estimate of drug-likeness (QED) is 0.362. The van der Waals surface area contributed by atoms with Gasteiger partial charge in [0.1, 0.15) is 0 Å². The van der Waals surface area contributed by atoms with Crippen LogP contribution in [0.2, 0.25) is 0 Å². The fourth-order valence-electron chi connectivity index (χ4n) is 0.551. The van der Waals surface area contributed by atoms with E-state index in [1.54, 1.807) is 19.0 Å². The van der Waals surface area contributed by atoms with E-state index in [9.17, 15) is 8.42 Å². The first kappa shape index (κ1) is 14.9. The molecule has 0 unspecified atom stereocenters. The Balaban J connectivity index is 4.44. The Bertz CT molecular complexity index is 389. The van der Waals surface area contributed by atoms with Gasteiger partial charge in [0.15, 0.2) is 0 Å². The second-order valence-electron chi connectivity index (χ2n) is 3.05. The molecule has 0 bridgehead atoms. The maximum atomic E-state index is 10.9. The van der Waals surface area contributed by atoms with Crippen molar-refractivity contribution in [3.63, 3.8) is 0 Å². The molecular formula is C7H12ClN3O2SW. The Morgan fingerprint density at radius 2 is 2.07 bits per heavy atom. The van der Waals surface area contributed by atoms with Gasteiger partial charge in [-0.05, 0) is 0 Å². The van der Waals surface area contributed by atoms with Crippen LogP contribution in [-0.4, -0.2) is 55.1 Å². The average Bonchev–Trinajstić information content (AvgIpc) is 1.96. The van der Waals surface area contributed by atoms with Crippen LogP contribution in [0, 0.1) is 0 Å². The van der Waals surface area contributed by atoms with Gasteiger partial charge in [-0.25, -0.2) is 0 Å². The fraction of sp³-hybridized carbons (Fsp3) is 0.571. The summed E-state index contributed by atoms with van der Waals surface area (Å²) in [7, 11) is 0.551. The Kier molecular flexibility index (Phi) is 6.48. The van der Waals surface area contributed by atoms with E-state index in [2.05, 4.69) is 9.98 Å². The molecule has 8 heteroatoms. The third kappa shape index (κ3) is 10.2. The third-order valence-corrected chi connectivity index (χ3v) is 3.55. The van der Waals surface area contributed by atoms with Crippen LogP contribution < -0.4 is 0 Å². The van der Waals surface area contributed by atoms with Crippen LogP contribution in [0.25, 0.3) is 0 Å². The first-order valence-corrected chi connectivity index (χ1v) is 7.76. The summed E-state index contributed by atoms with van der Waals surface area (Å²) in [5.41, 5.74) is 0. The molecule has 15 heavy (non-hydrogen) atoms. The van der Waals surface area contributed by atoms with Crippen LogP contribution in [0.3, 0.4) is 0 Å². The molecule has 0 saturated carbocycles. The van der Waals surface area contributed by atoms with Gasteiger partial charge in [0, 0.05) is 0 Å². The van der Waals surface area contributed by atoms with E-state index in [0.29, 0.717) is 4.02 Å². The van der Waals surface area contributed by atoms with Crippen molar-refractivity contribution >= 4 is 37.1 Å². The zero-order chi connectivity index (χ0) is 12.1. The average molecular weight is 422 g/mol. The molecule has 0 saturated heterocycles. The zero-order valence-corrected chi connectivity index (χ0v) is 13.1. The monoisotopic (exact) mass is 421 g/mol. The molecule has 0 aromatic heterocycles. The second kappa shape index (κ2) is 6.51. The molecule has 0 aromatic rings. The summed E-state index contributed by atoms with van der Waals surface area (Å²) >= 11 is 6.64. The summed E-state index contributed by atoms with van der Waals surface area (Å²) in [5, 5.41) is 0.0392. The van der Waals surface area contributed by atoms with Crippen molar-refractivity contribution in [1.29, 1.82) is 0 Å². The molecule has 0 aliphatic carbocycles. The van der Waals surface area contributed by atoms with Crippen molar-refractivity contribution in [2.24, 2.45) is 9.98 Å². The van der Waals surface area contributed by atoms with Gasteiger partial charge >= 0.3 is 106 Å². The minimum atomic E-state index is -3.04. The van der Waals surface area contributed by atoms with Gasteiger partial charge in [0.05, 0.1) is 0 Å². The summed E-state index contributed by atoms with van der Waals surface area (Å²) in [6, 6.07) is 0. The van der Waals surface area contributed by atoms with Crippen molar-refractivity contribution in [3.8, 4) is 0 Å². The molecule has 0 radical (unpaired) electrons. The van der Waals surface area contributed by atoms with E-state index >= 15 is 0 Å². The van der Waals surface area contributed by atoms with Gasteiger partial charge in [-0.3, -0.25) is 0 Å². The number of halogens is 1. The van der Waals surface area contributed by atoms with Crippen molar-refractivity contribution < 1.29 is 27.8 Å². The molecular weight excluding hydrogens is 409 g/mol. The standard InChI is InChI=1S/C7H12ClN3O2S.W/c1-11(2)6-10-7(8)9-4-5-14(3,12)13;/h6H,5H2,1-3H3;. The summed E-state index contributed by atoms with van der Waals surface area (Å²) in [6.07, 6.45) is 2.65. The van der Waals surface area contributed by atoms with Crippen LogP contribution in [0.5, 0.6) is 0 Å². The van der Waals surface area contributed by atoms with Crippen LogP contribution >= 0.6 is 11.6 Å².